The predicted octanol–water partition coefficient (Wildman–Crippen LogP) is 3.08. The molecule has 0 aliphatic carbocycles. The monoisotopic (exact) mass is 234 g/mol. The second-order valence-corrected chi connectivity index (χ2v) is 4.68. The molecule has 0 aliphatic heterocycles. The van der Waals surface area contributed by atoms with E-state index in [1.807, 2.05) is 31.4 Å². The van der Waals surface area contributed by atoms with Crippen molar-refractivity contribution in [2.75, 3.05) is 5.32 Å². The van der Waals surface area contributed by atoms with Gasteiger partial charge in [-0.05, 0) is 37.6 Å². The van der Waals surface area contributed by atoms with Gasteiger partial charge in [0.25, 0.3) is 0 Å². The number of aromatic hydroxyl groups is 1. The first-order valence-corrected chi connectivity index (χ1v) is 5.97. The van der Waals surface area contributed by atoms with Crippen molar-refractivity contribution in [3.8, 4) is 5.75 Å². The lowest BCUT2D eigenvalue weighted by atomic mass is 10.2. The Balaban J connectivity index is 2.02. The molecule has 0 radical (unpaired) electrons. The zero-order valence-electron chi connectivity index (χ0n) is 9.32. The number of thiazole rings is 1. The highest BCUT2D eigenvalue weighted by atomic mass is 32.1. The molecule has 2 N–H and O–H groups in total. The van der Waals surface area contributed by atoms with Crippen molar-refractivity contribution in [1.82, 2.24) is 4.98 Å². The molecular formula is C12H14N2OS. The van der Waals surface area contributed by atoms with Gasteiger partial charge in [-0.3, -0.25) is 0 Å². The number of benzene rings is 1. The maximum atomic E-state index is 9.39. The Labute approximate surface area is 98.8 Å². The largest absolute Gasteiger partial charge is 0.508 e. The van der Waals surface area contributed by atoms with Gasteiger partial charge >= 0.3 is 0 Å². The smallest absolute Gasteiger partial charge is 0.118 e. The summed E-state index contributed by atoms with van der Waals surface area (Å²) >= 11 is 1.65. The molecule has 1 aromatic heterocycles. The van der Waals surface area contributed by atoms with Crippen LogP contribution in [0, 0.1) is 13.8 Å². The van der Waals surface area contributed by atoms with E-state index in [9.17, 15) is 5.11 Å². The first-order valence-electron chi connectivity index (χ1n) is 5.09. The van der Waals surface area contributed by atoms with E-state index in [0.29, 0.717) is 5.75 Å². The van der Waals surface area contributed by atoms with E-state index < -0.39 is 0 Å². The maximum Gasteiger partial charge on any atom is 0.118 e. The van der Waals surface area contributed by atoms with E-state index in [0.717, 1.165) is 28.5 Å². The van der Waals surface area contributed by atoms with Crippen LogP contribution in [0.3, 0.4) is 0 Å². The fourth-order valence-electron chi connectivity index (χ4n) is 1.43. The summed E-state index contributed by atoms with van der Waals surface area (Å²) in [7, 11) is 0. The number of aryl methyl sites for hydroxylation is 2. The van der Waals surface area contributed by atoms with Crippen LogP contribution in [-0.4, -0.2) is 10.1 Å². The average molecular weight is 234 g/mol. The lowest BCUT2D eigenvalue weighted by Gasteiger charge is -2.06. The molecule has 4 heteroatoms. The summed E-state index contributed by atoms with van der Waals surface area (Å²) in [5.41, 5.74) is 2.94. The van der Waals surface area contributed by atoms with Crippen LogP contribution in [0.4, 0.5) is 5.69 Å². The first-order chi connectivity index (χ1) is 7.65. The molecule has 0 saturated heterocycles. The third-order valence-electron chi connectivity index (χ3n) is 2.31. The molecule has 0 spiro atoms. The number of anilines is 1. The highest BCUT2D eigenvalue weighted by Gasteiger charge is 2.00. The normalized spacial score (nSPS) is 10.4. The van der Waals surface area contributed by atoms with Gasteiger partial charge in [0.2, 0.25) is 0 Å². The van der Waals surface area contributed by atoms with Crippen LogP contribution >= 0.6 is 11.3 Å². The van der Waals surface area contributed by atoms with Crippen LogP contribution in [0.5, 0.6) is 5.75 Å². The molecule has 16 heavy (non-hydrogen) atoms. The van der Waals surface area contributed by atoms with E-state index in [4.69, 9.17) is 0 Å². The Morgan fingerprint density at radius 2 is 2.19 bits per heavy atom. The fraction of sp³-hybridized carbons (Fsp3) is 0.250. The van der Waals surface area contributed by atoms with Crippen molar-refractivity contribution in [3.63, 3.8) is 0 Å². The summed E-state index contributed by atoms with van der Waals surface area (Å²) < 4.78 is 0. The molecule has 1 heterocycles. The topological polar surface area (TPSA) is 45.1 Å². The van der Waals surface area contributed by atoms with Crippen molar-refractivity contribution in [1.29, 1.82) is 0 Å². The molecule has 0 fully saturated rings. The lowest BCUT2D eigenvalue weighted by molar-refractivity contribution is 0.471. The van der Waals surface area contributed by atoms with Crippen molar-refractivity contribution in [2.45, 2.75) is 20.4 Å². The molecule has 0 amide bonds. The van der Waals surface area contributed by atoms with Gasteiger partial charge in [0.05, 0.1) is 6.54 Å². The Morgan fingerprint density at radius 3 is 2.81 bits per heavy atom. The predicted molar refractivity (Wildman–Crippen MR) is 67.0 cm³/mol. The van der Waals surface area contributed by atoms with Crippen LogP contribution in [0.25, 0.3) is 0 Å². The van der Waals surface area contributed by atoms with Crippen molar-refractivity contribution in [3.05, 3.63) is 39.8 Å². The summed E-state index contributed by atoms with van der Waals surface area (Å²) in [6.45, 7) is 4.60. The van der Waals surface area contributed by atoms with Gasteiger partial charge in [-0.25, -0.2) is 4.98 Å². The minimum Gasteiger partial charge on any atom is -0.508 e. The zero-order valence-corrected chi connectivity index (χ0v) is 10.1. The Morgan fingerprint density at radius 1 is 1.38 bits per heavy atom. The number of nitrogens with one attached hydrogen (secondary N) is 1. The van der Waals surface area contributed by atoms with Crippen LogP contribution in [0.1, 0.15) is 16.3 Å². The van der Waals surface area contributed by atoms with Gasteiger partial charge in [0, 0.05) is 16.8 Å². The van der Waals surface area contributed by atoms with E-state index in [1.165, 1.54) is 0 Å². The van der Waals surface area contributed by atoms with Gasteiger partial charge < -0.3 is 10.4 Å². The first kappa shape index (κ1) is 11.0. The number of aromatic nitrogens is 1. The highest BCUT2D eigenvalue weighted by molar-refractivity contribution is 7.09. The van der Waals surface area contributed by atoms with Crippen LogP contribution < -0.4 is 5.32 Å². The third kappa shape index (κ3) is 2.52. The molecule has 0 saturated carbocycles. The van der Waals surface area contributed by atoms with Gasteiger partial charge in [-0.2, -0.15) is 0 Å². The Bertz CT molecular complexity index is 494. The molecule has 1 aromatic carbocycles. The summed E-state index contributed by atoms with van der Waals surface area (Å²) in [5, 5.41) is 15.8. The maximum absolute atomic E-state index is 9.39. The SMILES string of the molecule is Cc1csc(CNc2ccc(O)c(C)c2)n1. The van der Waals surface area contributed by atoms with Crippen molar-refractivity contribution >= 4 is 17.0 Å². The summed E-state index contributed by atoms with van der Waals surface area (Å²) in [6, 6.07) is 5.49. The molecule has 0 bridgehead atoms. The van der Waals surface area contributed by atoms with Crippen LogP contribution in [0.15, 0.2) is 23.6 Å². The fourth-order valence-corrected chi connectivity index (χ4v) is 2.14. The molecular weight excluding hydrogens is 220 g/mol. The van der Waals surface area contributed by atoms with E-state index in [1.54, 1.807) is 17.4 Å². The Hall–Kier alpha value is -1.55. The lowest BCUT2D eigenvalue weighted by Crippen LogP contribution is -1.99. The minimum absolute atomic E-state index is 0.329. The number of nitrogens with zero attached hydrogens (tertiary/aromatic N) is 1. The standard InChI is InChI=1S/C12H14N2OS/c1-8-5-10(3-4-11(8)15)13-6-12-14-9(2)7-16-12/h3-5,7,13,15H,6H2,1-2H3. The minimum atomic E-state index is 0.329. The van der Waals surface area contributed by atoms with Gasteiger partial charge in [0.15, 0.2) is 0 Å². The number of hydrogen-bond acceptors (Lipinski definition) is 4. The van der Waals surface area contributed by atoms with Crippen LogP contribution in [0.2, 0.25) is 0 Å². The molecule has 2 rings (SSSR count). The van der Waals surface area contributed by atoms with E-state index in [2.05, 4.69) is 10.3 Å². The third-order valence-corrected chi connectivity index (χ3v) is 3.27. The second kappa shape index (κ2) is 4.53. The van der Waals surface area contributed by atoms with Gasteiger partial charge in [-0.1, -0.05) is 0 Å². The molecule has 0 unspecified atom stereocenters. The molecule has 0 aliphatic rings. The van der Waals surface area contributed by atoms with E-state index >= 15 is 0 Å². The van der Waals surface area contributed by atoms with Crippen LogP contribution in [-0.2, 0) is 6.54 Å². The zero-order chi connectivity index (χ0) is 11.5. The number of phenols is 1. The second-order valence-electron chi connectivity index (χ2n) is 3.74. The quantitative estimate of drug-likeness (QED) is 0.802. The van der Waals surface area contributed by atoms with Gasteiger partial charge in [-0.15, -0.1) is 11.3 Å². The van der Waals surface area contributed by atoms with Crippen molar-refractivity contribution < 1.29 is 5.11 Å². The molecule has 2 aromatic rings. The molecule has 3 nitrogen and oxygen atoms in total. The number of phenolic OH excluding ortho intramolecular Hbond substituents is 1. The number of rotatable bonds is 3. The summed E-state index contributed by atoms with van der Waals surface area (Å²) in [5.74, 6) is 0.329. The van der Waals surface area contributed by atoms with Gasteiger partial charge in [0.1, 0.15) is 10.8 Å². The highest BCUT2D eigenvalue weighted by Crippen LogP contribution is 2.20. The average Bonchev–Trinajstić information content (AvgIpc) is 2.66. The number of hydrogen-bond donors (Lipinski definition) is 2. The molecule has 84 valence electrons. The Kier molecular flexibility index (Phi) is 3.10. The van der Waals surface area contributed by atoms with Crippen molar-refractivity contribution in [2.24, 2.45) is 0 Å². The summed E-state index contributed by atoms with van der Waals surface area (Å²) in [6.07, 6.45) is 0. The van der Waals surface area contributed by atoms with E-state index in [-0.39, 0.29) is 0 Å². The summed E-state index contributed by atoms with van der Waals surface area (Å²) in [4.78, 5) is 4.37. The molecule has 0 atom stereocenters.